The van der Waals surface area contributed by atoms with Crippen LogP contribution in [-0.2, 0) is 0 Å². The number of hydrogen-bond donors (Lipinski definition) is 1. The van der Waals surface area contributed by atoms with E-state index >= 15 is 0 Å². The summed E-state index contributed by atoms with van der Waals surface area (Å²) in [6.45, 7) is 7.98. The van der Waals surface area contributed by atoms with Crippen LogP contribution in [0.3, 0.4) is 0 Å². The maximum absolute atomic E-state index is 4.53. The van der Waals surface area contributed by atoms with Gasteiger partial charge in [0, 0.05) is 23.0 Å². The Kier molecular flexibility index (Phi) is 3.98. The van der Waals surface area contributed by atoms with E-state index in [9.17, 15) is 0 Å². The van der Waals surface area contributed by atoms with E-state index in [1.54, 1.807) is 17.5 Å². The van der Waals surface area contributed by atoms with Gasteiger partial charge in [0.1, 0.15) is 10.7 Å². The minimum atomic E-state index is 0.559. The number of nitrogens with zero attached hydrogens (tertiary/aromatic N) is 3. The van der Waals surface area contributed by atoms with Gasteiger partial charge in [0.2, 0.25) is 5.95 Å². The zero-order valence-electron chi connectivity index (χ0n) is 12.5. The molecule has 0 amide bonds. The number of hydrogen-bond acceptors (Lipinski definition) is 5. The lowest BCUT2D eigenvalue weighted by Gasteiger charge is -2.07. The summed E-state index contributed by atoms with van der Waals surface area (Å²) in [4.78, 5) is 14.3. The van der Waals surface area contributed by atoms with Crippen LogP contribution in [0, 0.1) is 6.92 Å². The fourth-order valence-electron chi connectivity index (χ4n) is 2.00. The van der Waals surface area contributed by atoms with Crippen molar-refractivity contribution < 1.29 is 0 Å². The number of aryl methyl sites for hydroxylation is 1. The highest BCUT2D eigenvalue weighted by Crippen LogP contribution is 2.24. The van der Waals surface area contributed by atoms with E-state index in [2.05, 4.69) is 26.8 Å². The first-order valence-corrected chi connectivity index (χ1v) is 7.72. The average molecular weight is 308 g/mol. The maximum atomic E-state index is 4.53. The van der Waals surface area contributed by atoms with Crippen LogP contribution in [-0.4, -0.2) is 15.0 Å². The monoisotopic (exact) mass is 308 g/mol. The van der Waals surface area contributed by atoms with E-state index in [-0.39, 0.29) is 0 Å². The van der Waals surface area contributed by atoms with Gasteiger partial charge in [-0.2, -0.15) is 0 Å². The second-order valence-electron chi connectivity index (χ2n) is 5.03. The summed E-state index contributed by atoms with van der Waals surface area (Å²) < 4.78 is 0. The van der Waals surface area contributed by atoms with Crippen LogP contribution in [0.5, 0.6) is 0 Å². The smallest absolute Gasteiger partial charge is 0.227 e. The molecule has 1 aromatic carbocycles. The van der Waals surface area contributed by atoms with Crippen LogP contribution < -0.4 is 5.32 Å². The Balaban J connectivity index is 1.87. The maximum Gasteiger partial charge on any atom is 0.227 e. The van der Waals surface area contributed by atoms with Crippen molar-refractivity contribution in [3.8, 4) is 10.7 Å². The van der Waals surface area contributed by atoms with Crippen molar-refractivity contribution in [2.75, 3.05) is 5.32 Å². The molecule has 4 nitrogen and oxygen atoms in total. The summed E-state index contributed by atoms with van der Waals surface area (Å²) >= 11 is 1.62. The molecule has 0 atom stereocenters. The third-order valence-corrected chi connectivity index (χ3v) is 4.04. The SMILES string of the molecule is C=C(C)c1cccc(Nc2nccc(-c3ncc(C)s3)n2)c1. The first-order valence-electron chi connectivity index (χ1n) is 6.90. The van der Waals surface area contributed by atoms with Gasteiger partial charge in [-0.1, -0.05) is 24.3 Å². The normalized spacial score (nSPS) is 10.5. The predicted molar refractivity (Wildman–Crippen MR) is 92.3 cm³/mol. The molecule has 2 heterocycles. The van der Waals surface area contributed by atoms with Crippen LogP contribution in [0.15, 0.2) is 49.3 Å². The molecule has 5 heteroatoms. The summed E-state index contributed by atoms with van der Waals surface area (Å²) in [6.07, 6.45) is 3.59. The van der Waals surface area contributed by atoms with Gasteiger partial charge < -0.3 is 5.32 Å². The molecular weight excluding hydrogens is 292 g/mol. The van der Waals surface area contributed by atoms with Gasteiger partial charge in [-0.05, 0) is 37.6 Å². The molecule has 0 unspecified atom stereocenters. The molecule has 2 aromatic heterocycles. The molecule has 0 spiro atoms. The molecule has 0 aliphatic rings. The van der Waals surface area contributed by atoms with E-state index in [0.717, 1.165) is 32.4 Å². The molecule has 0 saturated heterocycles. The van der Waals surface area contributed by atoms with E-state index in [1.807, 2.05) is 50.4 Å². The van der Waals surface area contributed by atoms with Crippen LogP contribution in [0.1, 0.15) is 17.4 Å². The molecule has 0 saturated carbocycles. The van der Waals surface area contributed by atoms with Gasteiger partial charge in [-0.25, -0.2) is 15.0 Å². The molecule has 1 N–H and O–H groups in total. The molecule has 0 fully saturated rings. The molecule has 22 heavy (non-hydrogen) atoms. The highest BCUT2D eigenvalue weighted by Gasteiger charge is 2.06. The lowest BCUT2D eigenvalue weighted by molar-refractivity contribution is 1.16. The molecule has 110 valence electrons. The molecule has 0 aliphatic carbocycles. The fourth-order valence-corrected chi connectivity index (χ4v) is 2.74. The number of anilines is 2. The summed E-state index contributed by atoms with van der Waals surface area (Å²) in [6, 6.07) is 9.90. The standard InChI is InChI=1S/C17H16N4S/c1-11(2)13-5-4-6-14(9-13)20-17-18-8-7-15(21-17)16-19-10-12(3)22-16/h4-10H,1H2,2-3H3,(H,18,20,21). The van der Waals surface area contributed by atoms with Gasteiger partial charge in [0.05, 0.1) is 0 Å². The van der Waals surface area contributed by atoms with Gasteiger partial charge in [0.25, 0.3) is 0 Å². The Hall–Kier alpha value is -2.53. The van der Waals surface area contributed by atoms with Gasteiger partial charge in [-0.3, -0.25) is 0 Å². The van der Waals surface area contributed by atoms with Crippen LogP contribution in [0.25, 0.3) is 16.3 Å². The number of aromatic nitrogens is 3. The zero-order chi connectivity index (χ0) is 15.5. The van der Waals surface area contributed by atoms with Crippen molar-refractivity contribution >= 4 is 28.5 Å². The quantitative estimate of drug-likeness (QED) is 0.760. The number of nitrogens with one attached hydrogen (secondary N) is 1. The van der Waals surface area contributed by atoms with Crippen LogP contribution >= 0.6 is 11.3 Å². The van der Waals surface area contributed by atoms with Crippen molar-refractivity contribution in [1.82, 2.24) is 15.0 Å². The summed E-state index contributed by atoms with van der Waals surface area (Å²) in [7, 11) is 0. The van der Waals surface area contributed by atoms with Crippen molar-refractivity contribution in [1.29, 1.82) is 0 Å². The van der Waals surface area contributed by atoms with Gasteiger partial charge in [-0.15, -0.1) is 11.3 Å². The molecule has 0 bridgehead atoms. The third-order valence-electron chi connectivity index (χ3n) is 3.11. The van der Waals surface area contributed by atoms with Crippen LogP contribution in [0.2, 0.25) is 0 Å². The van der Waals surface area contributed by atoms with E-state index in [0.29, 0.717) is 5.95 Å². The number of rotatable bonds is 4. The van der Waals surface area contributed by atoms with E-state index in [1.165, 1.54) is 0 Å². The molecule has 3 aromatic rings. The Bertz CT molecular complexity index is 823. The van der Waals surface area contributed by atoms with Crippen molar-refractivity contribution in [2.24, 2.45) is 0 Å². The first kappa shape index (κ1) is 14.4. The Morgan fingerprint density at radius 2 is 2.09 bits per heavy atom. The highest BCUT2D eigenvalue weighted by atomic mass is 32.1. The van der Waals surface area contributed by atoms with E-state index < -0.39 is 0 Å². The predicted octanol–water partition coefficient (Wildman–Crippen LogP) is 4.69. The van der Waals surface area contributed by atoms with Crippen LogP contribution in [0.4, 0.5) is 11.6 Å². The van der Waals surface area contributed by atoms with Crippen molar-refractivity contribution in [3.63, 3.8) is 0 Å². The summed E-state index contributed by atoms with van der Waals surface area (Å²) in [5, 5.41) is 4.13. The Morgan fingerprint density at radius 1 is 1.23 bits per heavy atom. The lowest BCUT2D eigenvalue weighted by atomic mass is 10.1. The molecule has 0 aliphatic heterocycles. The first-order chi connectivity index (χ1) is 10.6. The van der Waals surface area contributed by atoms with Gasteiger partial charge >= 0.3 is 0 Å². The Labute approximate surface area is 133 Å². The topological polar surface area (TPSA) is 50.7 Å². The summed E-state index contributed by atoms with van der Waals surface area (Å²) in [5.41, 5.74) is 3.88. The van der Waals surface area contributed by atoms with E-state index in [4.69, 9.17) is 0 Å². The minimum absolute atomic E-state index is 0.559. The summed E-state index contributed by atoms with van der Waals surface area (Å²) in [5.74, 6) is 0.559. The number of benzene rings is 1. The molecule has 0 radical (unpaired) electrons. The second-order valence-corrected chi connectivity index (χ2v) is 6.26. The number of thiazole rings is 1. The molecular formula is C17H16N4S. The van der Waals surface area contributed by atoms with Crippen molar-refractivity contribution in [2.45, 2.75) is 13.8 Å². The fraction of sp³-hybridized carbons (Fsp3) is 0.118. The average Bonchev–Trinajstić information content (AvgIpc) is 2.94. The van der Waals surface area contributed by atoms with Crippen molar-refractivity contribution in [3.05, 3.63) is 59.7 Å². The number of allylic oxidation sites excluding steroid dienone is 1. The third kappa shape index (κ3) is 3.20. The largest absolute Gasteiger partial charge is 0.324 e. The van der Waals surface area contributed by atoms with Gasteiger partial charge in [0.15, 0.2) is 0 Å². The molecule has 3 rings (SSSR count). The highest BCUT2D eigenvalue weighted by molar-refractivity contribution is 7.14. The second kappa shape index (κ2) is 6.07. The Morgan fingerprint density at radius 3 is 2.82 bits per heavy atom. The minimum Gasteiger partial charge on any atom is -0.324 e. The zero-order valence-corrected chi connectivity index (χ0v) is 13.3. The lowest BCUT2D eigenvalue weighted by Crippen LogP contribution is -1.98.